The van der Waals surface area contributed by atoms with Crippen LogP contribution in [0.25, 0.3) is 0 Å². The average molecular weight is 180 g/mol. The van der Waals surface area contributed by atoms with Gasteiger partial charge < -0.3 is 10.2 Å². The van der Waals surface area contributed by atoms with Crippen molar-refractivity contribution in [3.63, 3.8) is 0 Å². The molecular weight excluding hydrogens is 164 g/mol. The molecule has 2 N–H and O–H groups in total. The van der Waals surface area contributed by atoms with E-state index in [2.05, 4.69) is 12.2 Å². The van der Waals surface area contributed by atoms with E-state index in [1.54, 1.807) is 0 Å². The lowest BCUT2D eigenvalue weighted by Gasteiger charge is -2.23. The molecule has 0 heterocycles. The van der Waals surface area contributed by atoms with E-state index < -0.39 is 0 Å². The van der Waals surface area contributed by atoms with Gasteiger partial charge in [0.05, 0.1) is 0 Å². The second kappa shape index (κ2) is 2.37. The molecule has 1 spiro atoms. The molecule has 3 aliphatic rings. The standard InChI is InChI=1S/C11H16O2/c12-5-7-8(6-13)10-2-1-9(7)11(10)3-4-11/h1-2,7-10,12-13H,3-6H2/t7-,8+,9-,10+. The molecule has 2 nitrogen and oxygen atoms in total. The maximum Gasteiger partial charge on any atom is 0.0468 e. The van der Waals surface area contributed by atoms with Gasteiger partial charge in [-0.3, -0.25) is 0 Å². The Morgan fingerprint density at radius 3 is 1.77 bits per heavy atom. The smallest absolute Gasteiger partial charge is 0.0468 e. The second-order valence-corrected chi connectivity index (χ2v) is 4.86. The molecule has 0 aromatic heterocycles. The molecule has 0 radical (unpaired) electrons. The van der Waals surface area contributed by atoms with E-state index in [-0.39, 0.29) is 13.2 Å². The summed E-state index contributed by atoms with van der Waals surface area (Å²) in [7, 11) is 0. The zero-order chi connectivity index (χ0) is 9.05. The van der Waals surface area contributed by atoms with Crippen LogP contribution in [0.1, 0.15) is 12.8 Å². The quantitative estimate of drug-likeness (QED) is 0.617. The van der Waals surface area contributed by atoms with Crippen molar-refractivity contribution in [1.82, 2.24) is 0 Å². The van der Waals surface area contributed by atoms with Gasteiger partial charge in [0.25, 0.3) is 0 Å². The van der Waals surface area contributed by atoms with Crippen molar-refractivity contribution in [3.05, 3.63) is 12.2 Å². The van der Waals surface area contributed by atoms with E-state index in [0.717, 1.165) is 0 Å². The summed E-state index contributed by atoms with van der Waals surface area (Å²) in [6.07, 6.45) is 7.18. The van der Waals surface area contributed by atoms with Gasteiger partial charge in [-0.05, 0) is 41.9 Å². The Morgan fingerprint density at radius 2 is 1.46 bits per heavy atom. The second-order valence-electron chi connectivity index (χ2n) is 4.86. The topological polar surface area (TPSA) is 40.5 Å². The summed E-state index contributed by atoms with van der Waals surface area (Å²) in [6, 6.07) is 0. The Balaban J connectivity index is 1.96. The number of hydrogen-bond donors (Lipinski definition) is 2. The van der Waals surface area contributed by atoms with Gasteiger partial charge in [0.15, 0.2) is 0 Å². The maximum atomic E-state index is 9.30. The molecule has 2 bridgehead atoms. The summed E-state index contributed by atoms with van der Waals surface area (Å²) in [4.78, 5) is 0. The molecule has 2 saturated carbocycles. The first-order valence-electron chi connectivity index (χ1n) is 5.23. The Bertz CT molecular complexity index is 233. The monoisotopic (exact) mass is 180 g/mol. The van der Waals surface area contributed by atoms with Crippen LogP contribution < -0.4 is 0 Å². The lowest BCUT2D eigenvalue weighted by Crippen LogP contribution is -2.25. The van der Waals surface area contributed by atoms with Gasteiger partial charge >= 0.3 is 0 Å². The largest absolute Gasteiger partial charge is 0.396 e. The van der Waals surface area contributed by atoms with Gasteiger partial charge in [-0.25, -0.2) is 0 Å². The number of aliphatic hydroxyl groups is 2. The van der Waals surface area contributed by atoms with Crippen molar-refractivity contribution in [3.8, 4) is 0 Å². The van der Waals surface area contributed by atoms with Crippen LogP contribution in [0, 0.1) is 29.1 Å². The van der Waals surface area contributed by atoms with Crippen LogP contribution in [0.3, 0.4) is 0 Å². The van der Waals surface area contributed by atoms with Crippen LogP contribution in [-0.2, 0) is 0 Å². The summed E-state index contributed by atoms with van der Waals surface area (Å²) < 4.78 is 0. The Hall–Kier alpha value is -0.340. The van der Waals surface area contributed by atoms with Crippen molar-refractivity contribution in [2.24, 2.45) is 29.1 Å². The Kier molecular flexibility index (Phi) is 1.46. The molecule has 0 amide bonds. The predicted octanol–water partition coefficient (Wildman–Crippen LogP) is 0.799. The van der Waals surface area contributed by atoms with Gasteiger partial charge in [-0.15, -0.1) is 0 Å². The van der Waals surface area contributed by atoms with Crippen LogP contribution in [0.15, 0.2) is 12.2 Å². The van der Waals surface area contributed by atoms with Crippen LogP contribution >= 0.6 is 0 Å². The fourth-order valence-corrected chi connectivity index (χ4v) is 3.82. The minimum Gasteiger partial charge on any atom is -0.396 e. The molecule has 0 saturated heterocycles. The Morgan fingerprint density at radius 1 is 1.00 bits per heavy atom. The van der Waals surface area contributed by atoms with Crippen molar-refractivity contribution in [2.75, 3.05) is 13.2 Å². The summed E-state index contributed by atoms with van der Waals surface area (Å²) in [5, 5.41) is 18.6. The highest BCUT2D eigenvalue weighted by molar-refractivity contribution is 5.28. The predicted molar refractivity (Wildman–Crippen MR) is 48.9 cm³/mol. The molecule has 72 valence electrons. The molecule has 3 aliphatic carbocycles. The van der Waals surface area contributed by atoms with Crippen LogP contribution in [0.2, 0.25) is 0 Å². The van der Waals surface area contributed by atoms with E-state index in [4.69, 9.17) is 0 Å². The molecule has 0 aromatic carbocycles. The normalized spacial score (nSPS) is 49.1. The molecule has 0 aromatic rings. The van der Waals surface area contributed by atoms with Crippen LogP contribution in [0.5, 0.6) is 0 Å². The van der Waals surface area contributed by atoms with Crippen LogP contribution in [-0.4, -0.2) is 23.4 Å². The summed E-state index contributed by atoms with van der Waals surface area (Å²) in [6.45, 7) is 0.497. The molecule has 13 heavy (non-hydrogen) atoms. The van der Waals surface area contributed by atoms with E-state index in [1.165, 1.54) is 12.8 Å². The minimum atomic E-state index is 0.248. The highest BCUT2D eigenvalue weighted by atomic mass is 16.3. The van der Waals surface area contributed by atoms with Gasteiger partial charge in [0, 0.05) is 13.2 Å². The molecule has 0 unspecified atom stereocenters. The third kappa shape index (κ3) is 0.767. The third-order valence-corrected chi connectivity index (χ3v) is 4.57. The van der Waals surface area contributed by atoms with Gasteiger partial charge in [0.2, 0.25) is 0 Å². The average Bonchev–Trinajstić information content (AvgIpc) is 2.82. The van der Waals surface area contributed by atoms with Crippen molar-refractivity contribution in [1.29, 1.82) is 0 Å². The summed E-state index contributed by atoms with van der Waals surface area (Å²) in [5.41, 5.74) is 0.487. The fraction of sp³-hybridized carbons (Fsp3) is 0.818. The number of allylic oxidation sites excluding steroid dienone is 2. The van der Waals surface area contributed by atoms with E-state index >= 15 is 0 Å². The molecular formula is C11H16O2. The van der Waals surface area contributed by atoms with E-state index in [0.29, 0.717) is 29.1 Å². The molecule has 0 aliphatic heterocycles. The first kappa shape index (κ1) is 8.01. The molecule has 2 fully saturated rings. The molecule has 3 rings (SSSR count). The highest BCUT2D eigenvalue weighted by Crippen LogP contribution is 2.71. The lowest BCUT2D eigenvalue weighted by molar-refractivity contribution is 0.112. The molecule has 4 atom stereocenters. The maximum absolute atomic E-state index is 9.30. The van der Waals surface area contributed by atoms with Crippen LogP contribution in [0.4, 0.5) is 0 Å². The van der Waals surface area contributed by atoms with Gasteiger partial charge in [-0.2, -0.15) is 0 Å². The Labute approximate surface area is 78.3 Å². The molecule has 2 heteroatoms. The zero-order valence-electron chi connectivity index (χ0n) is 7.69. The first-order valence-corrected chi connectivity index (χ1v) is 5.23. The van der Waals surface area contributed by atoms with Gasteiger partial charge in [0.1, 0.15) is 0 Å². The van der Waals surface area contributed by atoms with Crippen molar-refractivity contribution >= 4 is 0 Å². The number of aliphatic hydroxyl groups excluding tert-OH is 2. The zero-order valence-corrected chi connectivity index (χ0v) is 7.69. The number of hydrogen-bond acceptors (Lipinski definition) is 2. The summed E-state index contributed by atoms with van der Waals surface area (Å²) in [5.74, 6) is 1.81. The first-order chi connectivity index (χ1) is 6.33. The van der Waals surface area contributed by atoms with Crippen molar-refractivity contribution in [2.45, 2.75) is 12.8 Å². The lowest BCUT2D eigenvalue weighted by atomic mass is 9.84. The number of rotatable bonds is 2. The van der Waals surface area contributed by atoms with E-state index in [1.807, 2.05) is 0 Å². The van der Waals surface area contributed by atoms with E-state index in [9.17, 15) is 10.2 Å². The van der Waals surface area contributed by atoms with Crippen molar-refractivity contribution < 1.29 is 10.2 Å². The summed E-state index contributed by atoms with van der Waals surface area (Å²) >= 11 is 0. The fourth-order valence-electron chi connectivity index (χ4n) is 3.82. The SMILES string of the molecule is OC[C@@H]1[C@H](CO)[C@@H]2C=C[C@H]1C21CC1. The minimum absolute atomic E-state index is 0.248. The van der Waals surface area contributed by atoms with Gasteiger partial charge in [-0.1, -0.05) is 12.2 Å². The third-order valence-electron chi connectivity index (χ3n) is 4.57. The highest BCUT2D eigenvalue weighted by Gasteiger charge is 2.66.